The van der Waals surface area contributed by atoms with Gasteiger partial charge in [-0.2, -0.15) is 0 Å². The molecule has 1 rings (SSSR count). The third-order valence-electron chi connectivity index (χ3n) is 1.90. The fourth-order valence-electron chi connectivity index (χ4n) is 1.30. The van der Waals surface area contributed by atoms with E-state index in [1.165, 1.54) is 0 Å². The van der Waals surface area contributed by atoms with E-state index in [4.69, 9.17) is 0 Å². The first-order chi connectivity index (χ1) is 6.90. The van der Waals surface area contributed by atoms with E-state index in [0.717, 1.165) is 5.56 Å². The predicted octanol–water partition coefficient (Wildman–Crippen LogP) is -0.820. The molecule has 0 amide bonds. The summed E-state index contributed by atoms with van der Waals surface area (Å²) in [6.07, 6.45) is 0. The van der Waals surface area contributed by atoms with Crippen LogP contribution in [0.4, 0.5) is 0 Å². The summed E-state index contributed by atoms with van der Waals surface area (Å²) < 4.78 is 11.2. The number of nitrogens with one attached hydrogen (secondary N) is 1. The van der Waals surface area contributed by atoms with Crippen LogP contribution >= 0.6 is 8.03 Å². The number of hydrogen-bond acceptors (Lipinski definition) is 3. The van der Waals surface area contributed by atoms with Crippen molar-refractivity contribution in [3.63, 3.8) is 0 Å². The van der Waals surface area contributed by atoms with Crippen LogP contribution in [0.15, 0.2) is 30.3 Å². The normalized spacial score (nSPS) is 13.9. The van der Waals surface area contributed by atoms with Crippen LogP contribution in [0.3, 0.4) is 0 Å². The first-order valence-electron chi connectivity index (χ1n) is 4.86. The summed E-state index contributed by atoms with van der Waals surface area (Å²) >= 11 is 0. The van der Waals surface area contributed by atoms with Crippen molar-refractivity contribution in [1.29, 1.82) is 0 Å². The summed E-state index contributed by atoms with van der Waals surface area (Å²) in [7, 11) is -2.52. The summed E-state index contributed by atoms with van der Waals surface area (Å²) in [5.74, 6) is -0.610. The Morgan fingerprint density at radius 3 is 2.12 bits per heavy atom. The van der Waals surface area contributed by atoms with Crippen molar-refractivity contribution >= 4 is 8.03 Å². The van der Waals surface area contributed by atoms with Crippen molar-refractivity contribution in [3.8, 4) is 0 Å². The molecule has 1 aromatic rings. The third kappa shape index (κ3) is 5.53. The van der Waals surface area contributed by atoms with Gasteiger partial charge in [-0.05, 0) is 20.8 Å². The Kier molecular flexibility index (Phi) is 6.95. The second kappa shape index (κ2) is 6.85. The summed E-state index contributed by atoms with van der Waals surface area (Å²) in [5, 5.41) is 3.08. The quantitative estimate of drug-likeness (QED) is 0.561. The molecule has 2 unspecified atom stereocenters. The maximum absolute atomic E-state index is 11.2. The first-order valence-corrected chi connectivity index (χ1v) is 6.11. The van der Waals surface area contributed by atoms with Gasteiger partial charge in [-0.1, -0.05) is 34.9 Å². The molecule has 0 saturated carbocycles. The zero-order valence-corrected chi connectivity index (χ0v) is 13.1. The molecular formula is C11H16NNaO2P+. The van der Waals surface area contributed by atoms with E-state index >= 15 is 0 Å². The van der Waals surface area contributed by atoms with Crippen LogP contribution in [-0.4, -0.2) is 5.54 Å². The van der Waals surface area contributed by atoms with Crippen molar-refractivity contribution in [1.82, 2.24) is 5.32 Å². The minimum Gasteiger partial charge on any atom is -0.594 e. The Hall–Kier alpha value is 0.240. The maximum Gasteiger partial charge on any atom is 1.00 e. The molecule has 0 radical (unpaired) electrons. The monoisotopic (exact) mass is 248 g/mol. The Morgan fingerprint density at radius 1 is 1.25 bits per heavy atom. The van der Waals surface area contributed by atoms with Gasteiger partial charge in [0.15, 0.2) is 0 Å². The minimum atomic E-state index is -2.52. The fourth-order valence-corrected chi connectivity index (χ4v) is 2.21. The Morgan fingerprint density at radius 2 is 1.75 bits per heavy atom. The molecule has 2 atom stereocenters. The molecule has 0 bridgehead atoms. The molecule has 0 aliphatic rings. The van der Waals surface area contributed by atoms with E-state index in [9.17, 15) is 9.46 Å². The smallest absolute Gasteiger partial charge is 0.594 e. The van der Waals surface area contributed by atoms with Crippen LogP contribution in [0.5, 0.6) is 0 Å². The van der Waals surface area contributed by atoms with Gasteiger partial charge in [0.05, 0.1) is 0 Å². The maximum atomic E-state index is 11.2. The number of hydrogen-bond donors (Lipinski definition) is 1. The van der Waals surface area contributed by atoms with Crippen LogP contribution in [0.1, 0.15) is 32.1 Å². The van der Waals surface area contributed by atoms with Crippen LogP contribution < -0.4 is 39.8 Å². The molecule has 0 heterocycles. The largest absolute Gasteiger partial charge is 1.00 e. The van der Waals surface area contributed by atoms with Crippen LogP contribution in [0, 0.1) is 0 Å². The minimum absolute atomic E-state index is 0. The predicted molar refractivity (Wildman–Crippen MR) is 59.7 cm³/mol. The van der Waals surface area contributed by atoms with E-state index in [-0.39, 0.29) is 35.1 Å². The van der Waals surface area contributed by atoms with Gasteiger partial charge in [-0.3, -0.25) is 5.32 Å². The molecule has 0 aromatic heterocycles. The molecule has 82 valence electrons. The average molecular weight is 248 g/mol. The van der Waals surface area contributed by atoms with Gasteiger partial charge in [0.25, 0.3) is 0 Å². The molecule has 0 fully saturated rings. The van der Waals surface area contributed by atoms with Crippen molar-refractivity contribution < 1.29 is 39.0 Å². The Balaban J connectivity index is 0.00000225. The second-order valence-corrected chi connectivity index (χ2v) is 5.58. The fraction of sp³-hybridized carbons (Fsp3) is 0.455. The van der Waals surface area contributed by atoms with E-state index in [1.54, 1.807) is 0 Å². The summed E-state index contributed by atoms with van der Waals surface area (Å²) in [4.78, 5) is 11.2. The molecular weight excluding hydrogens is 232 g/mol. The first kappa shape index (κ1) is 16.2. The van der Waals surface area contributed by atoms with Gasteiger partial charge in [-0.15, -0.1) is 0 Å². The van der Waals surface area contributed by atoms with E-state index in [2.05, 4.69) is 5.32 Å². The van der Waals surface area contributed by atoms with Crippen LogP contribution in [-0.2, 0) is 4.57 Å². The van der Waals surface area contributed by atoms with Gasteiger partial charge in [0.2, 0.25) is 5.78 Å². The third-order valence-corrected chi connectivity index (χ3v) is 2.74. The summed E-state index contributed by atoms with van der Waals surface area (Å²) in [6, 6.07) is 9.18. The van der Waals surface area contributed by atoms with Crippen molar-refractivity contribution in [2.45, 2.75) is 32.1 Å². The van der Waals surface area contributed by atoms with Gasteiger partial charge < -0.3 is 4.89 Å². The second-order valence-electron chi connectivity index (χ2n) is 4.49. The molecule has 1 N–H and O–H groups in total. The van der Waals surface area contributed by atoms with Gasteiger partial charge in [0.1, 0.15) is 0 Å². The van der Waals surface area contributed by atoms with E-state index < -0.39 is 13.8 Å². The topological polar surface area (TPSA) is 52.2 Å². The standard InChI is InChI=1S/C11H16NO2P.Na/c1-11(2,3)12-10(15(13)14)9-7-5-4-6-8-9;/h4-8,10,12H,1-3H3;/q;+1. The Bertz CT molecular complexity index is 338. The average Bonchev–Trinajstić information content (AvgIpc) is 2.14. The molecule has 3 nitrogen and oxygen atoms in total. The van der Waals surface area contributed by atoms with E-state index in [0.29, 0.717) is 0 Å². The summed E-state index contributed by atoms with van der Waals surface area (Å²) in [6.45, 7) is 5.84. The Labute approximate surface area is 120 Å². The zero-order chi connectivity index (χ0) is 11.5. The van der Waals surface area contributed by atoms with Crippen molar-refractivity contribution in [3.05, 3.63) is 35.9 Å². The van der Waals surface area contributed by atoms with Crippen molar-refractivity contribution in [2.24, 2.45) is 0 Å². The van der Waals surface area contributed by atoms with Gasteiger partial charge in [0, 0.05) is 11.1 Å². The summed E-state index contributed by atoms with van der Waals surface area (Å²) in [5.41, 5.74) is 0.555. The van der Waals surface area contributed by atoms with Gasteiger partial charge >= 0.3 is 37.6 Å². The van der Waals surface area contributed by atoms with Crippen LogP contribution in [0.25, 0.3) is 0 Å². The molecule has 0 aliphatic heterocycles. The van der Waals surface area contributed by atoms with Gasteiger partial charge in [-0.25, -0.2) is 0 Å². The van der Waals surface area contributed by atoms with Crippen LogP contribution in [0.2, 0.25) is 0 Å². The van der Waals surface area contributed by atoms with E-state index in [1.807, 2.05) is 51.1 Å². The van der Waals surface area contributed by atoms with Crippen molar-refractivity contribution in [2.75, 3.05) is 0 Å². The molecule has 16 heavy (non-hydrogen) atoms. The number of benzene rings is 1. The molecule has 5 heteroatoms. The molecule has 0 saturated heterocycles. The zero-order valence-electron chi connectivity index (χ0n) is 10.2. The molecule has 0 aliphatic carbocycles. The SMILES string of the molecule is CC(C)(C)NC(c1ccccc1)[P+](=O)[O-].[Na+]. The molecule has 0 spiro atoms. The number of rotatable bonds is 3. The molecule has 1 aromatic carbocycles.